The van der Waals surface area contributed by atoms with E-state index in [-0.39, 0.29) is 12.6 Å². The van der Waals surface area contributed by atoms with E-state index in [4.69, 9.17) is 16.9 Å². The maximum absolute atomic E-state index is 11.3. The lowest BCUT2D eigenvalue weighted by Gasteiger charge is -2.02. The molecule has 3 heteroatoms. The number of terminal acetylenes is 1. The van der Waals surface area contributed by atoms with E-state index in [1.807, 2.05) is 0 Å². The third-order valence-corrected chi connectivity index (χ3v) is 1.63. The first-order valence-electron chi connectivity index (χ1n) is 4.20. The third kappa shape index (κ3) is 2.83. The number of carbonyl (C=O) groups is 1. The minimum Gasteiger partial charge on any atom is -0.461 e. The number of hydrogen-bond donors (Lipinski definition) is 1. The largest absolute Gasteiger partial charge is 0.461 e. The molecule has 0 bridgehead atoms. The van der Waals surface area contributed by atoms with Gasteiger partial charge in [-0.1, -0.05) is 0 Å². The van der Waals surface area contributed by atoms with Crippen LogP contribution in [-0.2, 0) is 4.74 Å². The fourth-order valence-corrected chi connectivity index (χ4v) is 0.905. The number of rotatable bonds is 3. The Morgan fingerprint density at radius 2 is 2.07 bits per heavy atom. The normalized spacial score (nSPS) is 9.07. The highest BCUT2D eigenvalue weighted by Gasteiger charge is 2.04. The standard InChI is InChI=1S/C11H11NO2/c1-2-3-8-14-11(13)9-4-6-10(12)7-5-9/h1,4-7H,3,8,12H2. The van der Waals surface area contributed by atoms with Gasteiger partial charge in [-0.3, -0.25) is 0 Å². The van der Waals surface area contributed by atoms with Gasteiger partial charge in [0.05, 0.1) is 5.56 Å². The summed E-state index contributed by atoms with van der Waals surface area (Å²) in [6, 6.07) is 6.54. The van der Waals surface area contributed by atoms with E-state index >= 15 is 0 Å². The van der Waals surface area contributed by atoms with E-state index in [2.05, 4.69) is 5.92 Å². The molecule has 1 aromatic carbocycles. The molecule has 0 heterocycles. The summed E-state index contributed by atoms with van der Waals surface area (Å²) < 4.78 is 4.89. The summed E-state index contributed by atoms with van der Waals surface area (Å²) in [5.41, 5.74) is 6.57. The predicted octanol–water partition coefficient (Wildman–Crippen LogP) is 1.45. The molecule has 1 rings (SSSR count). The van der Waals surface area contributed by atoms with Gasteiger partial charge in [0.15, 0.2) is 0 Å². The number of carbonyl (C=O) groups excluding carboxylic acids is 1. The maximum Gasteiger partial charge on any atom is 0.338 e. The van der Waals surface area contributed by atoms with Crippen molar-refractivity contribution in [3.63, 3.8) is 0 Å². The number of esters is 1. The molecule has 0 saturated carbocycles. The van der Waals surface area contributed by atoms with Crippen molar-refractivity contribution >= 4 is 11.7 Å². The fourth-order valence-electron chi connectivity index (χ4n) is 0.905. The molecular weight excluding hydrogens is 178 g/mol. The average Bonchev–Trinajstić information content (AvgIpc) is 2.19. The Kier molecular flexibility index (Phi) is 3.57. The molecule has 2 N–H and O–H groups in total. The Bertz CT molecular complexity index is 349. The Balaban J connectivity index is 2.53. The zero-order valence-electron chi connectivity index (χ0n) is 7.69. The van der Waals surface area contributed by atoms with Crippen LogP contribution in [0.5, 0.6) is 0 Å². The highest BCUT2D eigenvalue weighted by Crippen LogP contribution is 2.06. The summed E-state index contributed by atoms with van der Waals surface area (Å²) in [6.45, 7) is 0.250. The first-order chi connectivity index (χ1) is 6.74. The highest BCUT2D eigenvalue weighted by atomic mass is 16.5. The van der Waals surface area contributed by atoms with Crippen molar-refractivity contribution < 1.29 is 9.53 Å². The lowest BCUT2D eigenvalue weighted by atomic mass is 10.2. The highest BCUT2D eigenvalue weighted by molar-refractivity contribution is 5.89. The van der Waals surface area contributed by atoms with Crippen molar-refractivity contribution in [1.82, 2.24) is 0 Å². The van der Waals surface area contributed by atoms with E-state index in [1.165, 1.54) is 0 Å². The minimum atomic E-state index is -0.375. The van der Waals surface area contributed by atoms with Crippen LogP contribution >= 0.6 is 0 Å². The van der Waals surface area contributed by atoms with Gasteiger partial charge in [0.25, 0.3) is 0 Å². The van der Waals surface area contributed by atoms with Crippen molar-refractivity contribution in [1.29, 1.82) is 0 Å². The van der Waals surface area contributed by atoms with Crippen LogP contribution in [0.25, 0.3) is 0 Å². The summed E-state index contributed by atoms with van der Waals surface area (Å²) in [6.07, 6.45) is 5.45. The summed E-state index contributed by atoms with van der Waals surface area (Å²) in [7, 11) is 0. The number of benzene rings is 1. The first kappa shape index (κ1) is 10.1. The topological polar surface area (TPSA) is 52.3 Å². The lowest BCUT2D eigenvalue weighted by Crippen LogP contribution is -2.05. The summed E-state index contributed by atoms with van der Waals surface area (Å²) in [5.74, 6) is 2.01. The molecule has 0 aliphatic rings. The average molecular weight is 189 g/mol. The molecule has 0 atom stereocenters. The van der Waals surface area contributed by atoms with Gasteiger partial charge in [-0.05, 0) is 24.3 Å². The zero-order valence-corrected chi connectivity index (χ0v) is 7.69. The molecule has 0 fully saturated rings. The zero-order chi connectivity index (χ0) is 10.4. The third-order valence-electron chi connectivity index (χ3n) is 1.63. The molecule has 0 radical (unpaired) electrons. The Hall–Kier alpha value is -1.95. The SMILES string of the molecule is C#CCCOC(=O)c1ccc(N)cc1. The van der Waals surface area contributed by atoms with Crippen LogP contribution in [0.15, 0.2) is 24.3 Å². The molecular formula is C11H11NO2. The van der Waals surface area contributed by atoms with Crippen molar-refractivity contribution in [2.45, 2.75) is 6.42 Å². The Morgan fingerprint density at radius 1 is 1.43 bits per heavy atom. The van der Waals surface area contributed by atoms with Crippen LogP contribution in [0.3, 0.4) is 0 Å². The van der Waals surface area contributed by atoms with Crippen molar-refractivity contribution in [2.75, 3.05) is 12.3 Å². The fraction of sp³-hybridized carbons (Fsp3) is 0.182. The van der Waals surface area contributed by atoms with Crippen LogP contribution in [0.1, 0.15) is 16.8 Å². The number of nitrogen functional groups attached to an aromatic ring is 1. The van der Waals surface area contributed by atoms with Crippen LogP contribution in [0, 0.1) is 12.3 Å². The molecule has 0 saturated heterocycles. The Labute approximate surface area is 82.9 Å². The predicted molar refractivity (Wildman–Crippen MR) is 54.6 cm³/mol. The number of hydrogen-bond acceptors (Lipinski definition) is 3. The quantitative estimate of drug-likeness (QED) is 0.339. The van der Waals surface area contributed by atoms with Gasteiger partial charge < -0.3 is 10.5 Å². The van der Waals surface area contributed by atoms with Gasteiger partial charge in [0.2, 0.25) is 0 Å². The van der Waals surface area contributed by atoms with Gasteiger partial charge in [-0.2, -0.15) is 0 Å². The first-order valence-corrected chi connectivity index (χ1v) is 4.20. The molecule has 72 valence electrons. The Morgan fingerprint density at radius 3 is 2.64 bits per heavy atom. The molecule has 0 aliphatic carbocycles. The van der Waals surface area contributed by atoms with Crippen molar-refractivity contribution in [2.24, 2.45) is 0 Å². The van der Waals surface area contributed by atoms with Gasteiger partial charge >= 0.3 is 5.97 Å². The van der Waals surface area contributed by atoms with E-state index in [0.717, 1.165) is 0 Å². The van der Waals surface area contributed by atoms with E-state index in [9.17, 15) is 4.79 Å². The summed E-state index contributed by atoms with van der Waals surface area (Å²) in [5, 5.41) is 0. The summed E-state index contributed by atoms with van der Waals surface area (Å²) >= 11 is 0. The smallest absolute Gasteiger partial charge is 0.338 e. The number of anilines is 1. The second kappa shape index (κ2) is 4.93. The van der Waals surface area contributed by atoms with Crippen LogP contribution in [0.2, 0.25) is 0 Å². The van der Waals surface area contributed by atoms with E-state index < -0.39 is 0 Å². The number of nitrogens with two attached hydrogens (primary N) is 1. The van der Waals surface area contributed by atoms with Crippen molar-refractivity contribution in [3.05, 3.63) is 29.8 Å². The molecule has 1 aromatic rings. The van der Waals surface area contributed by atoms with Crippen LogP contribution < -0.4 is 5.73 Å². The van der Waals surface area contributed by atoms with Gasteiger partial charge in [-0.25, -0.2) is 4.79 Å². The molecule has 0 unspecified atom stereocenters. The monoisotopic (exact) mass is 189 g/mol. The molecule has 0 spiro atoms. The van der Waals surface area contributed by atoms with E-state index in [1.54, 1.807) is 24.3 Å². The number of ether oxygens (including phenoxy) is 1. The van der Waals surface area contributed by atoms with Crippen LogP contribution in [0.4, 0.5) is 5.69 Å². The molecule has 0 amide bonds. The van der Waals surface area contributed by atoms with Crippen LogP contribution in [-0.4, -0.2) is 12.6 Å². The van der Waals surface area contributed by atoms with E-state index in [0.29, 0.717) is 17.7 Å². The lowest BCUT2D eigenvalue weighted by molar-refractivity contribution is 0.0514. The molecule has 0 aliphatic heterocycles. The summed E-state index contributed by atoms with van der Waals surface area (Å²) in [4.78, 5) is 11.3. The second-order valence-electron chi connectivity index (χ2n) is 2.71. The molecule has 3 nitrogen and oxygen atoms in total. The molecule has 0 aromatic heterocycles. The second-order valence-corrected chi connectivity index (χ2v) is 2.71. The van der Waals surface area contributed by atoms with Crippen molar-refractivity contribution in [3.8, 4) is 12.3 Å². The van der Waals surface area contributed by atoms with Gasteiger partial charge in [0, 0.05) is 12.1 Å². The maximum atomic E-state index is 11.3. The minimum absolute atomic E-state index is 0.250. The van der Waals surface area contributed by atoms with Gasteiger partial charge in [-0.15, -0.1) is 12.3 Å². The van der Waals surface area contributed by atoms with Gasteiger partial charge in [0.1, 0.15) is 6.61 Å². The molecule has 14 heavy (non-hydrogen) atoms.